The Bertz CT molecular complexity index is 657. The van der Waals surface area contributed by atoms with Crippen molar-refractivity contribution in [2.45, 2.75) is 16.9 Å². The van der Waals surface area contributed by atoms with Crippen molar-refractivity contribution in [2.75, 3.05) is 5.32 Å². The molecule has 0 bridgehead atoms. The van der Waals surface area contributed by atoms with E-state index in [1.54, 1.807) is 19.1 Å². The molecule has 0 spiro atoms. The number of amides is 1. The highest BCUT2D eigenvalue weighted by molar-refractivity contribution is 6.68. The first-order valence-electron chi connectivity index (χ1n) is 6.21. The predicted octanol–water partition coefficient (Wildman–Crippen LogP) is 4.27. The molecule has 2 aromatic rings. The summed E-state index contributed by atoms with van der Waals surface area (Å²) < 4.78 is 16.9. The molecule has 0 saturated carbocycles. The van der Waals surface area contributed by atoms with Crippen LogP contribution in [0.1, 0.15) is 16.1 Å². The maximum atomic E-state index is 13.9. The molecule has 118 valence electrons. The van der Waals surface area contributed by atoms with Crippen molar-refractivity contribution in [3.8, 4) is 0 Å². The van der Waals surface area contributed by atoms with Gasteiger partial charge in [-0.2, -0.15) is 0 Å². The number of anilines is 1. The van der Waals surface area contributed by atoms with Crippen LogP contribution in [-0.2, 0) is 0 Å². The van der Waals surface area contributed by atoms with Gasteiger partial charge in [-0.15, -0.1) is 0 Å². The zero-order valence-electron chi connectivity index (χ0n) is 11.4. The molecule has 0 aliphatic carbocycles. The van der Waals surface area contributed by atoms with Crippen LogP contribution in [-0.4, -0.2) is 15.9 Å². The molecule has 2 N–H and O–H groups in total. The van der Waals surface area contributed by atoms with E-state index in [2.05, 4.69) is 10.6 Å². The van der Waals surface area contributed by atoms with Gasteiger partial charge in [0.15, 0.2) is 5.76 Å². The fourth-order valence-electron chi connectivity index (χ4n) is 1.70. The molecule has 1 aromatic heterocycles. The van der Waals surface area contributed by atoms with Gasteiger partial charge in [0, 0.05) is 0 Å². The highest BCUT2D eigenvalue weighted by Gasteiger charge is 2.35. The minimum atomic E-state index is -1.90. The van der Waals surface area contributed by atoms with Crippen LogP contribution in [0, 0.1) is 12.7 Å². The van der Waals surface area contributed by atoms with Gasteiger partial charge in [-0.05, 0) is 36.8 Å². The number of hydrogen-bond donors (Lipinski definition) is 2. The molecule has 4 nitrogen and oxygen atoms in total. The van der Waals surface area contributed by atoms with Crippen molar-refractivity contribution in [2.24, 2.45) is 0 Å². The van der Waals surface area contributed by atoms with E-state index in [4.69, 9.17) is 39.2 Å². The van der Waals surface area contributed by atoms with E-state index in [1.165, 1.54) is 24.5 Å². The van der Waals surface area contributed by atoms with E-state index in [1.807, 2.05) is 0 Å². The number of halogens is 4. The lowest BCUT2D eigenvalue weighted by atomic mass is 10.2. The molecule has 2 rings (SSSR count). The van der Waals surface area contributed by atoms with Crippen LogP contribution in [0.5, 0.6) is 0 Å². The summed E-state index contributed by atoms with van der Waals surface area (Å²) in [6, 6.07) is 7.51. The molecule has 0 aliphatic rings. The summed E-state index contributed by atoms with van der Waals surface area (Å²) in [6.07, 6.45) is 0.180. The Morgan fingerprint density at radius 3 is 2.59 bits per heavy atom. The van der Waals surface area contributed by atoms with Gasteiger partial charge in [-0.25, -0.2) is 4.39 Å². The summed E-state index contributed by atoms with van der Waals surface area (Å²) in [5.74, 6) is -1.07. The molecule has 1 heterocycles. The van der Waals surface area contributed by atoms with Crippen molar-refractivity contribution < 1.29 is 13.6 Å². The maximum absolute atomic E-state index is 13.9. The third-order valence-corrected chi connectivity index (χ3v) is 3.43. The number of hydrogen-bond acceptors (Lipinski definition) is 3. The van der Waals surface area contributed by atoms with Gasteiger partial charge in [0.1, 0.15) is 12.0 Å². The zero-order valence-corrected chi connectivity index (χ0v) is 13.6. The molecule has 0 saturated heterocycles. The lowest BCUT2D eigenvalue weighted by molar-refractivity contribution is 0.0914. The van der Waals surface area contributed by atoms with Crippen molar-refractivity contribution in [3.05, 3.63) is 53.7 Å². The topological polar surface area (TPSA) is 54.3 Å². The third-order valence-electron chi connectivity index (χ3n) is 2.77. The van der Waals surface area contributed by atoms with Crippen LogP contribution in [0.4, 0.5) is 10.1 Å². The number of furan rings is 1. The molecule has 0 aliphatic heterocycles. The average molecular weight is 366 g/mol. The molecule has 0 radical (unpaired) electrons. The second kappa shape index (κ2) is 6.77. The Kier molecular flexibility index (Phi) is 5.21. The van der Waals surface area contributed by atoms with Crippen molar-refractivity contribution in [3.63, 3.8) is 0 Å². The number of carbonyl (C=O) groups is 1. The Hall–Kier alpha value is -1.43. The first kappa shape index (κ1) is 16.9. The summed E-state index contributed by atoms with van der Waals surface area (Å²) in [5.41, 5.74) is 0.842. The lowest BCUT2D eigenvalue weighted by Crippen LogP contribution is -2.49. The van der Waals surface area contributed by atoms with Crippen molar-refractivity contribution >= 4 is 46.4 Å². The van der Waals surface area contributed by atoms with E-state index < -0.39 is 21.7 Å². The minimum Gasteiger partial charge on any atom is -0.459 e. The Balaban J connectivity index is 2.18. The third kappa shape index (κ3) is 4.29. The lowest BCUT2D eigenvalue weighted by Gasteiger charge is -2.27. The SMILES string of the molecule is Cc1ccc(NC(NC(=O)c2ccco2)C(Cl)(Cl)Cl)c(F)c1. The molecule has 1 unspecified atom stereocenters. The molecular formula is C14H12Cl3FN2O2. The van der Waals surface area contributed by atoms with Gasteiger partial charge in [-0.3, -0.25) is 4.79 Å². The first-order valence-corrected chi connectivity index (χ1v) is 7.34. The summed E-state index contributed by atoms with van der Waals surface area (Å²) in [6.45, 7) is 1.75. The van der Waals surface area contributed by atoms with Crippen LogP contribution in [0.2, 0.25) is 0 Å². The molecule has 1 atom stereocenters. The van der Waals surface area contributed by atoms with Gasteiger partial charge < -0.3 is 15.1 Å². The molecular weight excluding hydrogens is 354 g/mol. The van der Waals surface area contributed by atoms with Gasteiger partial charge in [0.05, 0.1) is 12.0 Å². The summed E-state index contributed by atoms with van der Waals surface area (Å²) in [4.78, 5) is 12.0. The number of rotatable bonds is 4. The minimum absolute atomic E-state index is 0.0467. The van der Waals surface area contributed by atoms with Crippen molar-refractivity contribution in [1.82, 2.24) is 5.32 Å². The van der Waals surface area contributed by atoms with Crippen LogP contribution in [0.15, 0.2) is 41.0 Å². The predicted molar refractivity (Wildman–Crippen MR) is 85.0 cm³/mol. The molecule has 22 heavy (non-hydrogen) atoms. The summed E-state index contributed by atoms with van der Waals surface area (Å²) >= 11 is 17.5. The quantitative estimate of drug-likeness (QED) is 0.628. The normalized spacial score (nSPS) is 12.8. The summed E-state index contributed by atoms with van der Waals surface area (Å²) in [7, 11) is 0. The molecule has 8 heteroatoms. The summed E-state index contributed by atoms with van der Waals surface area (Å²) in [5, 5.41) is 5.11. The van der Waals surface area contributed by atoms with Gasteiger partial charge in [0.25, 0.3) is 5.91 Å². The monoisotopic (exact) mass is 364 g/mol. The van der Waals surface area contributed by atoms with Crippen LogP contribution in [0.25, 0.3) is 0 Å². The zero-order chi connectivity index (χ0) is 16.3. The first-order chi connectivity index (χ1) is 10.3. The number of nitrogens with one attached hydrogen (secondary N) is 2. The van der Waals surface area contributed by atoms with Gasteiger partial charge in [0.2, 0.25) is 3.79 Å². The molecule has 0 fully saturated rings. The molecule has 1 amide bonds. The highest BCUT2D eigenvalue weighted by Crippen LogP contribution is 2.32. The number of benzene rings is 1. The van der Waals surface area contributed by atoms with Crippen molar-refractivity contribution in [1.29, 1.82) is 0 Å². The fourth-order valence-corrected chi connectivity index (χ4v) is 2.03. The fraction of sp³-hybridized carbons (Fsp3) is 0.214. The molecule has 1 aromatic carbocycles. The van der Waals surface area contributed by atoms with E-state index in [9.17, 15) is 9.18 Å². The number of aryl methyl sites for hydroxylation is 1. The van der Waals surface area contributed by atoms with Gasteiger partial charge >= 0.3 is 0 Å². The Morgan fingerprint density at radius 1 is 1.32 bits per heavy atom. The second-order valence-electron chi connectivity index (χ2n) is 4.55. The van der Waals surface area contributed by atoms with E-state index >= 15 is 0 Å². The highest BCUT2D eigenvalue weighted by atomic mass is 35.6. The smallest absolute Gasteiger partial charge is 0.288 e. The van der Waals surface area contributed by atoms with E-state index in [0.717, 1.165) is 5.56 Å². The van der Waals surface area contributed by atoms with E-state index in [-0.39, 0.29) is 11.4 Å². The Labute approximate surface area is 141 Å². The number of carbonyl (C=O) groups excluding carboxylic acids is 1. The second-order valence-corrected chi connectivity index (χ2v) is 6.92. The average Bonchev–Trinajstić information content (AvgIpc) is 2.93. The largest absolute Gasteiger partial charge is 0.459 e. The number of alkyl halides is 3. The van der Waals surface area contributed by atoms with Gasteiger partial charge in [-0.1, -0.05) is 40.9 Å². The standard InChI is InChI=1S/C14H12Cl3FN2O2/c1-8-4-5-10(9(18)7-8)19-13(14(15,16)17)20-12(21)11-3-2-6-22-11/h2-7,13,19H,1H3,(H,20,21). The van der Waals surface area contributed by atoms with E-state index in [0.29, 0.717) is 0 Å². The van der Waals surface area contributed by atoms with Crippen LogP contribution in [0.3, 0.4) is 0 Å². The Morgan fingerprint density at radius 2 is 2.05 bits per heavy atom. The van der Waals surface area contributed by atoms with Crippen LogP contribution < -0.4 is 10.6 Å². The van der Waals surface area contributed by atoms with Crippen LogP contribution >= 0.6 is 34.8 Å². The maximum Gasteiger partial charge on any atom is 0.288 e.